The number of nitrogens with zero attached hydrogens (tertiary/aromatic N) is 1. The topological polar surface area (TPSA) is 120 Å². The van der Waals surface area contributed by atoms with Crippen LogP contribution < -0.4 is 20.7 Å². The Morgan fingerprint density at radius 2 is 1.59 bits per heavy atom. The molecule has 0 aliphatic carbocycles. The molecule has 10 heteroatoms. The quantitative estimate of drug-likeness (QED) is 0.125. The summed E-state index contributed by atoms with van der Waals surface area (Å²) in [7, 11) is 0. The van der Waals surface area contributed by atoms with Crippen LogP contribution in [0.15, 0.2) is 102 Å². The number of hydrogen-bond donors (Lipinski definition) is 4. The van der Waals surface area contributed by atoms with Crippen molar-refractivity contribution in [2.75, 3.05) is 19.7 Å². The average molecular weight is 681 g/mol. The van der Waals surface area contributed by atoms with Gasteiger partial charge in [0, 0.05) is 24.0 Å². The number of thiophene rings is 1. The molecule has 256 valence electrons. The Morgan fingerprint density at radius 1 is 0.918 bits per heavy atom. The van der Waals surface area contributed by atoms with Crippen molar-refractivity contribution in [1.82, 2.24) is 20.9 Å². The zero-order valence-corrected chi connectivity index (χ0v) is 28.7. The van der Waals surface area contributed by atoms with Crippen molar-refractivity contribution in [1.29, 1.82) is 0 Å². The predicted octanol–water partition coefficient (Wildman–Crippen LogP) is 5.41. The summed E-state index contributed by atoms with van der Waals surface area (Å²) in [6.07, 6.45) is 2.37. The van der Waals surface area contributed by atoms with Crippen molar-refractivity contribution in [3.05, 3.63) is 129 Å². The zero-order chi connectivity index (χ0) is 34.6. The van der Waals surface area contributed by atoms with E-state index in [-0.39, 0.29) is 30.7 Å². The third kappa shape index (κ3) is 10.3. The van der Waals surface area contributed by atoms with E-state index in [0.717, 1.165) is 27.1 Å². The van der Waals surface area contributed by atoms with Crippen LogP contribution in [0.5, 0.6) is 5.75 Å². The normalized spacial score (nSPS) is 15.1. The standard InChI is InChI=1S/C39H44N4O5S/c1-27-12-9-13-28(2)37(27)48-26-36(45)42-33(23-30-16-7-4-8-17-30)35(44)24-31(22-29-14-5-3-6-15-29)41-38(46)34(25-32-18-10-21-49-32)43-20-11-19-40-39(43)47/h3-10,12-18,21,25,31,33,35,44H,11,19-20,22-24,26H2,1-2H3,(H,40,47)(H,41,46)(H,42,45)/t31-,33-,35-/m0/s1. The third-order valence-corrected chi connectivity index (χ3v) is 9.30. The first-order valence-electron chi connectivity index (χ1n) is 16.6. The Kier molecular flexibility index (Phi) is 12.6. The molecule has 3 atom stereocenters. The average Bonchev–Trinajstić information content (AvgIpc) is 3.61. The first-order chi connectivity index (χ1) is 23.8. The number of aryl methyl sites for hydroxylation is 2. The van der Waals surface area contributed by atoms with Crippen molar-refractivity contribution >= 4 is 35.3 Å². The predicted molar refractivity (Wildman–Crippen MR) is 193 cm³/mol. The van der Waals surface area contributed by atoms with E-state index in [1.54, 1.807) is 6.08 Å². The van der Waals surface area contributed by atoms with Gasteiger partial charge in [-0.2, -0.15) is 0 Å². The van der Waals surface area contributed by atoms with Crippen molar-refractivity contribution < 1.29 is 24.2 Å². The van der Waals surface area contributed by atoms with Crippen molar-refractivity contribution in [2.24, 2.45) is 0 Å². The Balaban J connectivity index is 1.36. The van der Waals surface area contributed by atoms with Crippen LogP contribution in [0, 0.1) is 13.8 Å². The highest BCUT2D eigenvalue weighted by Gasteiger charge is 2.30. The van der Waals surface area contributed by atoms with Gasteiger partial charge in [-0.15, -0.1) is 11.3 Å². The van der Waals surface area contributed by atoms with E-state index < -0.39 is 24.1 Å². The third-order valence-electron chi connectivity index (χ3n) is 8.48. The zero-order valence-electron chi connectivity index (χ0n) is 27.9. The first-order valence-corrected chi connectivity index (χ1v) is 17.5. The van der Waals surface area contributed by atoms with Crippen LogP contribution in [0.1, 0.15) is 40.0 Å². The lowest BCUT2D eigenvalue weighted by molar-refractivity contribution is -0.125. The van der Waals surface area contributed by atoms with Gasteiger partial charge >= 0.3 is 6.03 Å². The fourth-order valence-corrected chi connectivity index (χ4v) is 6.66. The molecule has 1 fully saturated rings. The van der Waals surface area contributed by atoms with E-state index in [9.17, 15) is 19.5 Å². The number of amides is 4. The van der Waals surface area contributed by atoms with Gasteiger partial charge < -0.3 is 25.8 Å². The Morgan fingerprint density at radius 3 is 2.22 bits per heavy atom. The van der Waals surface area contributed by atoms with Gasteiger partial charge in [0.1, 0.15) is 11.4 Å². The molecule has 3 aromatic carbocycles. The molecule has 4 aromatic rings. The van der Waals surface area contributed by atoms with Gasteiger partial charge in [0.05, 0.1) is 12.1 Å². The SMILES string of the molecule is Cc1cccc(C)c1OCC(=O)N[C@@H](Cc1ccccc1)[C@@H](O)C[C@H](Cc1ccccc1)NC(=O)C(=Cc1cccs1)N1CCCNC1=O. The second-order valence-electron chi connectivity index (χ2n) is 12.3. The lowest BCUT2D eigenvalue weighted by Gasteiger charge is -2.31. The monoisotopic (exact) mass is 680 g/mol. The lowest BCUT2D eigenvalue weighted by Crippen LogP contribution is -2.52. The molecule has 1 aliphatic heterocycles. The van der Waals surface area contributed by atoms with Crippen LogP contribution in [0.3, 0.4) is 0 Å². The van der Waals surface area contributed by atoms with Crippen LogP contribution in [-0.2, 0) is 22.4 Å². The molecule has 4 amide bonds. The van der Waals surface area contributed by atoms with Crippen LogP contribution >= 0.6 is 11.3 Å². The Hall–Kier alpha value is -4.93. The lowest BCUT2D eigenvalue weighted by atomic mass is 9.93. The molecule has 9 nitrogen and oxygen atoms in total. The number of aliphatic hydroxyl groups excluding tert-OH is 1. The molecule has 4 N–H and O–H groups in total. The molecule has 0 unspecified atom stereocenters. The van der Waals surface area contributed by atoms with Gasteiger partial charge in [0.2, 0.25) is 0 Å². The molecule has 5 rings (SSSR count). The van der Waals surface area contributed by atoms with Crippen LogP contribution in [0.25, 0.3) is 6.08 Å². The molecule has 1 aliphatic rings. The number of para-hydroxylation sites is 1. The number of urea groups is 1. The van der Waals surface area contributed by atoms with Gasteiger partial charge in [-0.1, -0.05) is 84.9 Å². The number of nitrogens with one attached hydrogen (secondary N) is 3. The molecule has 0 bridgehead atoms. The molecule has 49 heavy (non-hydrogen) atoms. The van der Waals surface area contributed by atoms with Gasteiger partial charge in [0.25, 0.3) is 11.8 Å². The first kappa shape index (κ1) is 35.4. The number of carbonyl (C=O) groups is 3. The maximum absolute atomic E-state index is 14.0. The van der Waals surface area contributed by atoms with Gasteiger partial charge in [-0.3, -0.25) is 14.5 Å². The summed E-state index contributed by atoms with van der Waals surface area (Å²) in [5, 5.41) is 22.7. The molecule has 2 heterocycles. The van der Waals surface area contributed by atoms with E-state index >= 15 is 0 Å². The van der Waals surface area contributed by atoms with Gasteiger partial charge in [-0.05, 0) is 79.3 Å². The number of aliphatic hydroxyl groups is 1. The number of carbonyl (C=O) groups excluding carboxylic acids is 3. The minimum Gasteiger partial charge on any atom is -0.483 e. The number of ether oxygens (including phenoxy) is 1. The fourth-order valence-electron chi connectivity index (χ4n) is 6.00. The highest BCUT2D eigenvalue weighted by atomic mass is 32.1. The van der Waals surface area contributed by atoms with E-state index in [1.165, 1.54) is 16.2 Å². The smallest absolute Gasteiger partial charge is 0.322 e. The van der Waals surface area contributed by atoms with E-state index in [0.29, 0.717) is 38.1 Å². The summed E-state index contributed by atoms with van der Waals surface area (Å²) in [6, 6.07) is 27.5. The molecule has 1 saturated heterocycles. The summed E-state index contributed by atoms with van der Waals surface area (Å²) < 4.78 is 5.92. The summed E-state index contributed by atoms with van der Waals surface area (Å²) in [5.41, 5.74) is 4.03. The van der Waals surface area contributed by atoms with Crippen LogP contribution in [-0.4, -0.2) is 65.7 Å². The Bertz CT molecular complexity index is 1690. The molecule has 0 radical (unpaired) electrons. The summed E-state index contributed by atoms with van der Waals surface area (Å²) in [6.45, 7) is 4.63. The molecule has 1 aromatic heterocycles. The number of hydrogen-bond acceptors (Lipinski definition) is 6. The van der Waals surface area contributed by atoms with Gasteiger partial charge in [0.15, 0.2) is 6.61 Å². The molecular formula is C39H44N4O5S. The molecule has 0 spiro atoms. The number of benzene rings is 3. The van der Waals surface area contributed by atoms with Crippen molar-refractivity contribution in [2.45, 2.75) is 57.7 Å². The second kappa shape index (κ2) is 17.5. The molecule has 0 saturated carbocycles. The minimum absolute atomic E-state index is 0.147. The van der Waals surface area contributed by atoms with Crippen LogP contribution in [0.4, 0.5) is 4.79 Å². The summed E-state index contributed by atoms with van der Waals surface area (Å²) in [5.74, 6) is -0.106. The second-order valence-corrected chi connectivity index (χ2v) is 13.3. The highest BCUT2D eigenvalue weighted by Crippen LogP contribution is 2.23. The minimum atomic E-state index is -1.03. The maximum Gasteiger partial charge on any atom is 0.322 e. The highest BCUT2D eigenvalue weighted by molar-refractivity contribution is 7.10. The summed E-state index contributed by atoms with van der Waals surface area (Å²) in [4.78, 5) is 42.5. The maximum atomic E-state index is 14.0. The van der Waals surface area contributed by atoms with Crippen molar-refractivity contribution in [3.8, 4) is 5.75 Å². The largest absolute Gasteiger partial charge is 0.483 e. The van der Waals surface area contributed by atoms with E-state index in [4.69, 9.17) is 4.74 Å². The van der Waals surface area contributed by atoms with Gasteiger partial charge in [-0.25, -0.2) is 4.79 Å². The number of rotatable bonds is 15. The molecular weight excluding hydrogens is 637 g/mol. The van der Waals surface area contributed by atoms with E-state index in [1.807, 2.05) is 110 Å². The van der Waals surface area contributed by atoms with Crippen molar-refractivity contribution in [3.63, 3.8) is 0 Å². The van der Waals surface area contributed by atoms with Crippen LogP contribution in [0.2, 0.25) is 0 Å². The van der Waals surface area contributed by atoms with E-state index in [2.05, 4.69) is 16.0 Å². The summed E-state index contributed by atoms with van der Waals surface area (Å²) >= 11 is 1.48. The Labute approximate surface area is 292 Å². The fraction of sp³-hybridized carbons (Fsp3) is 0.308.